The molecule has 5 heteroatoms. The highest BCUT2D eigenvalue weighted by Crippen LogP contribution is 2.40. The second-order valence-corrected chi connectivity index (χ2v) is 17.1. The van der Waals surface area contributed by atoms with Crippen LogP contribution in [0.3, 0.4) is 0 Å². The van der Waals surface area contributed by atoms with Crippen molar-refractivity contribution in [1.82, 2.24) is 19.1 Å². The van der Waals surface area contributed by atoms with E-state index in [4.69, 9.17) is 14.4 Å². The summed E-state index contributed by atoms with van der Waals surface area (Å²) >= 11 is 0. The highest BCUT2D eigenvalue weighted by Gasteiger charge is 2.19. The molecule has 5 nitrogen and oxygen atoms in total. The van der Waals surface area contributed by atoms with Crippen molar-refractivity contribution in [2.45, 2.75) is 26.2 Å². The topological polar surface area (TPSA) is 48.8 Å². The van der Waals surface area contributed by atoms with Crippen LogP contribution in [0.4, 0.5) is 0 Å². The number of benzene rings is 8. The fraction of sp³-hybridized carbons (Fsp3) is 0.0714. The minimum absolute atomic E-state index is 0.0969. The molecular formula is C56H40N4O. The third-order valence-corrected chi connectivity index (χ3v) is 12.4. The molecule has 61 heavy (non-hydrogen) atoms. The summed E-state index contributed by atoms with van der Waals surface area (Å²) in [5.74, 6) is 0.631. The van der Waals surface area contributed by atoms with Gasteiger partial charge in [-0.1, -0.05) is 136 Å². The summed E-state index contributed by atoms with van der Waals surface area (Å²) in [5.41, 5.74) is 15.2. The average molecular weight is 785 g/mol. The van der Waals surface area contributed by atoms with Crippen LogP contribution in [0.25, 0.3) is 111 Å². The van der Waals surface area contributed by atoms with Crippen LogP contribution < -0.4 is 0 Å². The first-order chi connectivity index (χ1) is 29.9. The van der Waals surface area contributed by atoms with Gasteiger partial charge in [0, 0.05) is 55.3 Å². The zero-order chi connectivity index (χ0) is 40.8. The smallest absolute Gasteiger partial charge is 0.235 e. The van der Waals surface area contributed by atoms with E-state index in [2.05, 4.69) is 194 Å². The zero-order valence-electron chi connectivity index (χ0n) is 34.1. The van der Waals surface area contributed by atoms with Gasteiger partial charge in [-0.2, -0.15) is 0 Å². The number of furan rings is 1. The number of hydrogen-bond donors (Lipinski definition) is 0. The maximum Gasteiger partial charge on any atom is 0.235 e. The van der Waals surface area contributed by atoms with Gasteiger partial charge in [0.1, 0.15) is 11.2 Å². The molecular weight excluding hydrogens is 745 g/mol. The van der Waals surface area contributed by atoms with Crippen LogP contribution in [0.5, 0.6) is 0 Å². The van der Waals surface area contributed by atoms with Crippen LogP contribution in [0.15, 0.2) is 193 Å². The Morgan fingerprint density at radius 3 is 1.75 bits per heavy atom. The standard InChI is InChI=1S/C56H40N4O/c1-56(2,3)39-24-26-40(27-25-39)59-49-19-7-4-14-42(49)46-33-35(22-28-51(46)59)36-23-29-52-47(34-36)43-15-5-8-20-50(43)60(52)55-57-31-30-48(58-55)38-13-10-12-37(32-38)41-17-11-18-45-44-16-6-9-21-53(44)61-54(41)45/h4-34H,1-3H3. The lowest BCUT2D eigenvalue weighted by atomic mass is 9.87. The summed E-state index contributed by atoms with van der Waals surface area (Å²) in [5, 5.41) is 7.03. The molecule has 0 aliphatic heterocycles. The van der Waals surface area contributed by atoms with Gasteiger partial charge in [-0.3, -0.25) is 4.57 Å². The van der Waals surface area contributed by atoms with Crippen molar-refractivity contribution in [1.29, 1.82) is 0 Å². The monoisotopic (exact) mass is 784 g/mol. The molecule has 0 aliphatic rings. The molecule has 0 atom stereocenters. The molecule has 0 unspecified atom stereocenters. The van der Waals surface area contributed by atoms with Crippen molar-refractivity contribution in [2.24, 2.45) is 0 Å². The molecule has 0 saturated heterocycles. The number of nitrogens with zero attached hydrogens (tertiary/aromatic N) is 4. The molecule has 0 spiro atoms. The van der Waals surface area contributed by atoms with Gasteiger partial charge in [0.2, 0.25) is 5.95 Å². The van der Waals surface area contributed by atoms with Crippen molar-refractivity contribution in [3.8, 4) is 45.1 Å². The maximum absolute atomic E-state index is 6.41. The highest BCUT2D eigenvalue weighted by molar-refractivity contribution is 6.13. The molecule has 0 radical (unpaired) electrons. The van der Waals surface area contributed by atoms with E-state index in [1.54, 1.807) is 0 Å². The molecule has 12 aromatic rings. The molecule has 0 amide bonds. The first kappa shape index (κ1) is 35.2. The number of hydrogen-bond acceptors (Lipinski definition) is 3. The Morgan fingerprint density at radius 2 is 1.03 bits per heavy atom. The van der Waals surface area contributed by atoms with E-state index < -0.39 is 0 Å². The summed E-state index contributed by atoms with van der Waals surface area (Å²) < 4.78 is 11.0. The summed E-state index contributed by atoms with van der Waals surface area (Å²) in [6.45, 7) is 6.78. The number of aromatic nitrogens is 4. The Labute approximate surface area is 352 Å². The van der Waals surface area contributed by atoms with E-state index in [1.165, 1.54) is 38.6 Å². The molecule has 4 heterocycles. The van der Waals surface area contributed by atoms with Gasteiger partial charge in [0.25, 0.3) is 0 Å². The largest absolute Gasteiger partial charge is 0.455 e. The van der Waals surface area contributed by atoms with Crippen molar-refractivity contribution in [3.63, 3.8) is 0 Å². The SMILES string of the molecule is CC(C)(C)c1ccc(-n2c3ccccc3c3cc(-c4ccc5c(c4)c4ccccc4n5-c4nccc(-c5cccc(-c6cccc7c6oc6ccccc67)c5)n4)ccc32)cc1. The highest BCUT2D eigenvalue weighted by atomic mass is 16.3. The van der Waals surface area contributed by atoms with Crippen molar-refractivity contribution in [2.75, 3.05) is 0 Å². The molecule has 0 fully saturated rings. The van der Waals surface area contributed by atoms with Gasteiger partial charge < -0.3 is 8.98 Å². The van der Waals surface area contributed by atoms with E-state index in [0.29, 0.717) is 5.95 Å². The lowest BCUT2D eigenvalue weighted by molar-refractivity contribution is 0.590. The quantitative estimate of drug-likeness (QED) is 0.175. The van der Waals surface area contributed by atoms with Gasteiger partial charge in [0.05, 0.1) is 27.8 Å². The lowest BCUT2D eigenvalue weighted by Gasteiger charge is -2.19. The van der Waals surface area contributed by atoms with E-state index in [9.17, 15) is 0 Å². The Balaban J connectivity index is 0.946. The van der Waals surface area contributed by atoms with Crippen molar-refractivity contribution >= 4 is 65.6 Å². The van der Waals surface area contributed by atoms with Crippen LogP contribution in [-0.4, -0.2) is 19.1 Å². The van der Waals surface area contributed by atoms with Crippen LogP contribution in [0.1, 0.15) is 26.3 Å². The second-order valence-electron chi connectivity index (χ2n) is 17.1. The first-order valence-corrected chi connectivity index (χ1v) is 20.9. The number of para-hydroxylation sites is 4. The molecule has 290 valence electrons. The Hall–Kier alpha value is -7.76. The van der Waals surface area contributed by atoms with Crippen LogP contribution in [0.2, 0.25) is 0 Å². The van der Waals surface area contributed by atoms with Crippen molar-refractivity contribution in [3.05, 3.63) is 194 Å². The normalized spacial score (nSPS) is 12.2. The molecule has 8 aromatic carbocycles. The van der Waals surface area contributed by atoms with Gasteiger partial charge in [-0.15, -0.1) is 0 Å². The van der Waals surface area contributed by atoms with E-state index in [1.807, 2.05) is 24.4 Å². The summed E-state index contributed by atoms with van der Waals surface area (Å²) in [6.07, 6.45) is 1.86. The van der Waals surface area contributed by atoms with Crippen LogP contribution >= 0.6 is 0 Å². The third-order valence-electron chi connectivity index (χ3n) is 12.4. The predicted molar refractivity (Wildman–Crippen MR) is 253 cm³/mol. The molecule has 0 bridgehead atoms. The van der Waals surface area contributed by atoms with Gasteiger partial charge in [-0.05, 0) is 94.4 Å². The number of rotatable bonds is 5. The summed E-state index contributed by atoms with van der Waals surface area (Å²) in [7, 11) is 0. The molecule has 0 N–H and O–H groups in total. The molecule has 4 aromatic heterocycles. The van der Waals surface area contributed by atoms with Crippen molar-refractivity contribution < 1.29 is 4.42 Å². The second kappa shape index (κ2) is 13.4. The van der Waals surface area contributed by atoms with E-state index >= 15 is 0 Å². The summed E-state index contributed by atoms with van der Waals surface area (Å²) in [6, 6.07) is 65.1. The van der Waals surface area contributed by atoms with Crippen LogP contribution in [0, 0.1) is 0 Å². The lowest BCUT2D eigenvalue weighted by Crippen LogP contribution is -2.10. The molecule has 12 rings (SSSR count). The Bertz CT molecular complexity index is 3690. The molecule has 0 aliphatic carbocycles. The maximum atomic E-state index is 6.41. The Morgan fingerprint density at radius 1 is 0.443 bits per heavy atom. The summed E-state index contributed by atoms with van der Waals surface area (Å²) in [4.78, 5) is 10.1. The van der Waals surface area contributed by atoms with Gasteiger partial charge >= 0.3 is 0 Å². The van der Waals surface area contributed by atoms with E-state index in [-0.39, 0.29) is 5.41 Å². The average Bonchev–Trinajstić information content (AvgIpc) is 3.96. The minimum Gasteiger partial charge on any atom is -0.455 e. The number of fused-ring (bicyclic) bond motifs is 9. The minimum atomic E-state index is 0.0969. The predicted octanol–water partition coefficient (Wildman–Crippen LogP) is 14.9. The third kappa shape index (κ3) is 5.62. The Kier molecular flexibility index (Phi) is 7.72. The fourth-order valence-electron chi connectivity index (χ4n) is 9.35. The molecule has 0 saturated carbocycles. The van der Waals surface area contributed by atoms with Crippen LogP contribution in [-0.2, 0) is 5.41 Å². The zero-order valence-corrected chi connectivity index (χ0v) is 34.1. The van der Waals surface area contributed by atoms with E-state index in [0.717, 1.165) is 71.7 Å². The first-order valence-electron chi connectivity index (χ1n) is 20.9. The van der Waals surface area contributed by atoms with Gasteiger partial charge in [0.15, 0.2) is 0 Å². The van der Waals surface area contributed by atoms with Gasteiger partial charge in [-0.25, -0.2) is 9.97 Å². The fourth-order valence-corrected chi connectivity index (χ4v) is 9.35.